The molecule has 1 unspecified atom stereocenters. The number of nitrogens with one attached hydrogen (secondary N) is 2. The zero-order chi connectivity index (χ0) is 25.0. The highest BCUT2D eigenvalue weighted by Gasteiger charge is 2.44. The number of benzene rings is 1. The summed E-state index contributed by atoms with van der Waals surface area (Å²) in [5, 5.41) is 17.3. The number of carbonyl (C=O) groups excluding carboxylic acids is 3. The monoisotopic (exact) mass is 475 g/mol. The summed E-state index contributed by atoms with van der Waals surface area (Å²) in [4.78, 5) is 39.6. The molecule has 9 nitrogen and oxygen atoms in total. The maximum atomic E-state index is 13.2. The fraction of sp³-hybridized carbons (Fsp3) is 0.640. The summed E-state index contributed by atoms with van der Waals surface area (Å²) in [6, 6.07) is 5.51. The third kappa shape index (κ3) is 5.95. The summed E-state index contributed by atoms with van der Waals surface area (Å²) in [5.74, 6) is -0.973. The molecule has 2 fully saturated rings. The average molecular weight is 476 g/mol. The average Bonchev–Trinajstić information content (AvgIpc) is 3.38. The Bertz CT molecular complexity index is 899. The topological polar surface area (TPSA) is 117 Å². The van der Waals surface area contributed by atoms with Gasteiger partial charge in [0, 0.05) is 18.7 Å². The minimum absolute atomic E-state index is 0.0444. The Morgan fingerprint density at radius 1 is 1.29 bits per heavy atom. The molecule has 2 saturated heterocycles. The van der Waals surface area contributed by atoms with Gasteiger partial charge >= 0.3 is 5.97 Å². The van der Waals surface area contributed by atoms with Crippen LogP contribution in [0.4, 0.5) is 0 Å². The van der Waals surface area contributed by atoms with Gasteiger partial charge in [0.05, 0.1) is 18.5 Å². The number of aryl methyl sites for hydroxylation is 1. The van der Waals surface area contributed by atoms with E-state index in [1.165, 1.54) is 0 Å². The van der Waals surface area contributed by atoms with Gasteiger partial charge in [-0.3, -0.25) is 19.3 Å². The van der Waals surface area contributed by atoms with Crippen molar-refractivity contribution >= 4 is 17.8 Å². The van der Waals surface area contributed by atoms with Crippen molar-refractivity contribution < 1.29 is 29.0 Å². The molecule has 0 spiro atoms. The van der Waals surface area contributed by atoms with E-state index in [-0.39, 0.29) is 18.2 Å². The predicted molar refractivity (Wildman–Crippen MR) is 126 cm³/mol. The molecular formula is C25H37N3O6. The molecule has 5 atom stereocenters. The van der Waals surface area contributed by atoms with Crippen molar-refractivity contribution in [1.29, 1.82) is 0 Å². The molecule has 34 heavy (non-hydrogen) atoms. The van der Waals surface area contributed by atoms with Gasteiger partial charge < -0.3 is 25.2 Å². The minimum Gasteiger partial charge on any atom is -0.433 e. The first kappa shape index (κ1) is 26.1. The fourth-order valence-corrected chi connectivity index (χ4v) is 4.61. The molecule has 2 heterocycles. The third-order valence-electron chi connectivity index (χ3n) is 6.47. The molecule has 188 valence electrons. The third-order valence-corrected chi connectivity index (χ3v) is 6.47. The standard InChI is InChI=1S/C25H37N3O6/c1-6-33-24-17(14-19(29)34-24)26-22(31)18-12-9-13-28(18)23(32)20(25(3,4)5)27-21(30)16-11-8-7-10-15(16)2/h7-8,10-11,17-18,20,23-24,32H,6,9,12-14H2,1-5H3,(H,26,31)(H,27,30)/t17-,18-,20+,23?,24+/m0/s1. The Morgan fingerprint density at radius 2 is 2.00 bits per heavy atom. The highest BCUT2D eigenvalue weighted by molar-refractivity contribution is 5.95. The zero-order valence-corrected chi connectivity index (χ0v) is 20.7. The second-order valence-electron chi connectivity index (χ2n) is 10.1. The normalized spacial score (nSPS) is 25.0. The Labute approximate surface area is 201 Å². The van der Waals surface area contributed by atoms with E-state index in [0.717, 1.165) is 12.0 Å². The van der Waals surface area contributed by atoms with Crippen molar-refractivity contribution in [1.82, 2.24) is 15.5 Å². The van der Waals surface area contributed by atoms with Crippen molar-refractivity contribution in [2.75, 3.05) is 13.2 Å². The van der Waals surface area contributed by atoms with E-state index in [0.29, 0.717) is 25.1 Å². The molecular weight excluding hydrogens is 438 g/mol. The van der Waals surface area contributed by atoms with Crippen molar-refractivity contribution in [2.45, 2.75) is 84.5 Å². The lowest BCUT2D eigenvalue weighted by molar-refractivity contribution is -0.165. The van der Waals surface area contributed by atoms with E-state index >= 15 is 0 Å². The van der Waals surface area contributed by atoms with Crippen LogP contribution in [0.3, 0.4) is 0 Å². The van der Waals surface area contributed by atoms with E-state index in [4.69, 9.17) is 9.47 Å². The number of nitrogens with zero attached hydrogens (tertiary/aromatic N) is 1. The number of amides is 2. The van der Waals surface area contributed by atoms with Crippen molar-refractivity contribution in [2.24, 2.45) is 5.41 Å². The Morgan fingerprint density at radius 3 is 2.65 bits per heavy atom. The molecule has 2 amide bonds. The summed E-state index contributed by atoms with van der Waals surface area (Å²) in [5.41, 5.74) is 0.915. The predicted octanol–water partition coefficient (Wildman–Crippen LogP) is 1.72. The van der Waals surface area contributed by atoms with Crippen LogP contribution in [-0.2, 0) is 19.1 Å². The highest BCUT2D eigenvalue weighted by atomic mass is 16.7. The summed E-state index contributed by atoms with van der Waals surface area (Å²) >= 11 is 0. The molecule has 0 aliphatic carbocycles. The SMILES string of the molecule is CCO[C@@H]1OC(=O)C[C@@H]1NC(=O)[C@@H]1CCCN1C(O)[C@@H](NC(=O)c1ccccc1C)C(C)(C)C. The van der Waals surface area contributed by atoms with E-state index in [2.05, 4.69) is 10.6 Å². The lowest BCUT2D eigenvalue weighted by atomic mass is 9.84. The maximum Gasteiger partial charge on any atom is 0.310 e. The largest absolute Gasteiger partial charge is 0.433 e. The van der Waals surface area contributed by atoms with Gasteiger partial charge in [0.25, 0.3) is 5.91 Å². The number of hydrogen-bond donors (Lipinski definition) is 3. The molecule has 1 aromatic rings. The van der Waals surface area contributed by atoms with Crippen LogP contribution >= 0.6 is 0 Å². The summed E-state index contributed by atoms with van der Waals surface area (Å²) < 4.78 is 10.6. The van der Waals surface area contributed by atoms with Crippen molar-refractivity contribution in [3.8, 4) is 0 Å². The molecule has 2 aliphatic rings. The van der Waals surface area contributed by atoms with Gasteiger partial charge in [-0.1, -0.05) is 39.0 Å². The number of ether oxygens (including phenoxy) is 2. The molecule has 2 aliphatic heterocycles. The first-order chi connectivity index (χ1) is 16.0. The number of aliphatic hydroxyl groups excluding tert-OH is 1. The highest BCUT2D eigenvalue weighted by Crippen LogP contribution is 2.29. The van der Waals surface area contributed by atoms with Crippen molar-refractivity contribution in [3.05, 3.63) is 35.4 Å². The van der Waals surface area contributed by atoms with Gasteiger partial charge in [0.2, 0.25) is 12.2 Å². The van der Waals surface area contributed by atoms with Crippen LogP contribution in [0.2, 0.25) is 0 Å². The first-order valence-electron chi connectivity index (χ1n) is 11.9. The zero-order valence-electron chi connectivity index (χ0n) is 20.7. The van der Waals surface area contributed by atoms with Crippen LogP contribution in [0.25, 0.3) is 0 Å². The lowest BCUT2D eigenvalue weighted by Gasteiger charge is -2.41. The van der Waals surface area contributed by atoms with Gasteiger partial charge in [-0.15, -0.1) is 0 Å². The van der Waals surface area contributed by atoms with E-state index in [1.807, 2.05) is 39.8 Å². The first-order valence-corrected chi connectivity index (χ1v) is 11.9. The van der Waals surface area contributed by atoms with Gasteiger partial charge in [-0.05, 0) is 43.7 Å². The van der Waals surface area contributed by atoms with E-state index < -0.39 is 42.0 Å². The van der Waals surface area contributed by atoms with E-state index in [9.17, 15) is 19.5 Å². The van der Waals surface area contributed by atoms with Crippen LogP contribution in [-0.4, -0.2) is 71.6 Å². The van der Waals surface area contributed by atoms with Crippen LogP contribution in [0.15, 0.2) is 24.3 Å². The van der Waals surface area contributed by atoms with Gasteiger partial charge in [0.15, 0.2) is 0 Å². The number of hydrogen-bond acceptors (Lipinski definition) is 7. The molecule has 1 aromatic carbocycles. The Balaban J connectivity index is 1.73. The van der Waals surface area contributed by atoms with Crippen molar-refractivity contribution in [3.63, 3.8) is 0 Å². The number of rotatable bonds is 8. The molecule has 0 bridgehead atoms. The summed E-state index contributed by atoms with van der Waals surface area (Å²) in [6.07, 6.45) is -0.547. The maximum absolute atomic E-state index is 13.2. The van der Waals surface area contributed by atoms with Crippen LogP contribution in [0.5, 0.6) is 0 Å². The van der Waals surface area contributed by atoms with Gasteiger partial charge in [-0.2, -0.15) is 0 Å². The second kappa shape index (κ2) is 10.8. The quantitative estimate of drug-likeness (QED) is 0.490. The van der Waals surface area contributed by atoms with Crippen LogP contribution in [0.1, 0.15) is 62.9 Å². The Hall–Kier alpha value is -2.49. The van der Waals surface area contributed by atoms with Crippen LogP contribution < -0.4 is 10.6 Å². The second-order valence-corrected chi connectivity index (χ2v) is 10.1. The van der Waals surface area contributed by atoms with Gasteiger partial charge in [0.1, 0.15) is 12.3 Å². The molecule has 0 saturated carbocycles. The molecule has 3 N–H and O–H groups in total. The van der Waals surface area contributed by atoms with Crippen LogP contribution in [0, 0.1) is 12.3 Å². The lowest BCUT2D eigenvalue weighted by Crippen LogP contribution is -2.60. The smallest absolute Gasteiger partial charge is 0.310 e. The molecule has 9 heteroatoms. The summed E-state index contributed by atoms with van der Waals surface area (Å²) in [6.45, 7) is 10.4. The van der Waals surface area contributed by atoms with Gasteiger partial charge in [-0.25, -0.2) is 0 Å². The van der Waals surface area contributed by atoms with E-state index in [1.54, 1.807) is 24.0 Å². The number of cyclic esters (lactones) is 1. The number of carbonyl (C=O) groups is 3. The number of aliphatic hydroxyl groups is 1. The fourth-order valence-electron chi connectivity index (χ4n) is 4.61. The summed E-state index contributed by atoms with van der Waals surface area (Å²) in [7, 11) is 0. The number of esters is 1. The minimum atomic E-state index is -1.07. The Kier molecular flexibility index (Phi) is 8.33. The molecule has 3 rings (SSSR count). The molecule has 0 aromatic heterocycles. The molecule has 0 radical (unpaired) electrons. The number of likely N-dealkylation sites (tertiary alicyclic amines) is 1.